The van der Waals surface area contributed by atoms with E-state index in [4.69, 9.17) is 0 Å². The molecule has 0 saturated heterocycles. The van der Waals surface area contributed by atoms with Crippen molar-refractivity contribution >= 4 is 21.8 Å². The zero-order chi connectivity index (χ0) is 13.0. The first-order valence-electron chi connectivity index (χ1n) is 6.35. The summed E-state index contributed by atoms with van der Waals surface area (Å²) in [4.78, 5) is 12.2. The molecule has 1 aromatic rings. The topological polar surface area (TPSA) is 49.3 Å². The Hall–Kier alpha value is -0.870. The van der Waals surface area contributed by atoms with Gasteiger partial charge in [0.1, 0.15) is 0 Å². The normalized spacial score (nSPS) is 18.3. The van der Waals surface area contributed by atoms with Crippen molar-refractivity contribution in [3.63, 3.8) is 0 Å². The summed E-state index contributed by atoms with van der Waals surface area (Å²) in [5.41, 5.74) is 0.195. The number of rotatable bonds is 3. The summed E-state index contributed by atoms with van der Waals surface area (Å²) in [5, 5.41) is 12.6. The number of amides is 1. The standard InChI is InChI=1S/C14H18BrNO2/c15-12-7-3-2-6-11(12)13(18)16-14(10-17)8-4-1-5-9-14/h2-3,6-7,17H,1,4-5,8-10H2,(H,16,18). The third-order valence-corrected chi connectivity index (χ3v) is 4.30. The summed E-state index contributed by atoms with van der Waals surface area (Å²) >= 11 is 3.38. The summed E-state index contributed by atoms with van der Waals surface area (Å²) in [6.45, 7) is 0.0171. The maximum atomic E-state index is 12.2. The number of benzene rings is 1. The van der Waals surface area contributed by atoms with Crippen LogP contribution in [0.1, 0.15) is 42.5 Å². The van der Waals surface area contributed by atoms with Gasteiger partial charge >= 0.3 is 0 Å². The number of carbonyl (C=O) groups is 1. The van der Waals surface area contributed by atoms with E-state index in [1.165, 1.54) is 6.42 Å². The van der Waals surface area contributed by atoms with Gasteiger partial charge in [0, 0.05) is 4.47 Å². The Morgan fingerprint density at radius 3 is 2.56 bits per heavy atom. The largest absolute Gasteiger partial charge is 0.394 e. The number of halogens is 1. The van der Waals surface area contributed by atoms with Crippen molar-refractivity contribution in [2.45, 2.75) is 37.6 Å². The van der Waals surface area contributed by atoms with Gasteiger partial charge in [-0.05, 0) is 40.9 Å². The summed E-state index contributed by atoms with van der Waals surface area (Å²) in [5.74, 6) is -0.113. The van der Waals surface area contributed by atoms with Crippen LogP contribution < -0.4 is 5.32 Å². The molecule has 0 atom stereocenters. The van der Waals surface area contributed by atoms with Crippen LogP contribution in [0.2, 0.25) is 0 Å². The Kier molecular flexibility index (Phi) is 4.40. The van der Waals surface area contributed by atoms with E-state index < -0.39 is 5.54 Å². The average Bonchev–Trinajstić information content (AvgIpc) is 2.40. The number of hydrogen-bond donors (Lipinski definition) is 2. The van der Waals surface area contributed by atoms with Crippen molar-refractivity contribution in [3.05, 3.63) is 34.3 Å². The SMILES string of the molecule is O=C(NC1(CO)CCCCC1)c1ccccc1Br. The van der Waals surface area contributed by atoms with E-state index in [9.17, 15) is 9.90 Å². The maximum Gasteiger partial charge on any atom is 0.252 e. The molecule has 1 aliphatic carbocycles. The van der Waals surface area contributed by atoms with Crippen molar-refractivity contribution in [1.29, 1.82) is 0 Å². The summed E-state index contributed by atoms with van der Waals surface area (Å²) in [6.07, 6.45) is 5.04. The molecular weight excluding hydrogens is 294 g/mol. The van der Waals surface area contributed by atoms with Gasteiger partial charge in [-0.15, -0.1) is 0 Å². The second kappa shape index (κ2) is 5.85. The molecule has 2 rings (SSSR count). The van der Waals surface area contributed by atoms with Gasteiger partial charge in [0.2, 0.25) is 0 Å². The molecule has 0 bridgehead atoms. The lowest BCUT2D eigenvalue weighted by Crippen LogP contribution is -2.52. The summed E-state index contributed by atoms with van der Waals surface area (Å²) in [6, 6.07) is 7.35. The predicted molar refractivity (Wildman–Crippen MR) is 74.5 cm³/mol. The van der Waals surface area contributed by atoms with Crippen LogP contribution in [0, 0.1) is 0 Å². The van der Waals surface area contributed by atoms with Crippen molar-refractivity contribution < 1.29 is 9.90 Å². The van der Waals surface area contributed by atoms with Gasteiger partial charge in [-0.3, -0.25) is 4.79 Å². The second-order valence-electron chi connectivity index (χ2n) is 4.93. The van der Waals surface area contributed by atoms with E-state index >= 15 is 0 Å². The maximum absolute atomic E-state index is 12.2. The van der Waals surface area contributed by atoms with Gasteiger partial charge in [-0.1, -0.05) is 31.4 Å². The van der Waals surface area contributed by atoms with Crippen LogP contribution in [0.15, 0.2) is 28.7 Å². The zero-order valence-corrected chi connectivity index (χ0v) is 11.9. The highest BCUT2D eigenvalue weighted by Crippen LogP contribution is 2.28. The minimum absolute atomic E-state index is 0.0171. The lowest BCUT2D eigenvalue weighted by atomic mass is 9.82. The highest BCUT2D eigenvalue weighted by molar-refractivity contribution is 9.10. The molecule has 2 N–H and O–H groups in total. The van der Waals surface area contributed by atoms with Gasteiger partial charge < -0.3 is 10.4 Å². The first-order chi connectivity index (χ1) is 8.67. The Bertz CT molecular complexity index is 428. The molecule has 1 aromatic carbocycles. The molecule has 1 aliphatic rings. The highest BCUT2D eigenvalue weighted by atomic mass is 79.9. The molecule has 1 amide bonds. The van der Waals surface area contributed by atoms with Crippen molar-refractivity contribution in [3.8, 4) is 0 Å². The van der Waals surface area contributed by atoms with E-state index in [1.54, 1.807) is 6.07 Å². The van der Waals surface area contributed by atoms with Crippen molar-refractivity contribution in [1.82, 2.24) is 5.32 Å². The summed E-state index contributed by atoms with van der Waals surface area (Å²) < 4.78 is 0.784. The van der Waals surface area contributed by atoms with Crippen LogP contribution in [0.4, 0.5) is 0 Å². The van der Waals surface area contributed by atoms with Crippen LogP contribution >= 0.6 is 15.9 Å². The Morgan fingerprint density at radius 1 is 1.28 bits per heavy atom. The number of aliphatic hydroxyl groups is 1. The molecule has 0 unspecified atom stereocenters. The molecule has 0 radical (unpaired) electrons. The van der Waals surface area contributed by atoms with Crippen LogP contribution in [0.3, 0.4) is 0 Å². The molecule has 4 heteroatoms. The van der Waals surface area contributed by atoms with Gasteiger partial charge in [0.05, 0.1) is 17.7 Å². The second-order valence-corrected chi connectivity index (χ2v) is 5.79. The molecule has 0 spiro atoms. The molecule has 1 saturated carbocycles. The minimum Gasteiger partial charge on any atom is -0.394 e. The van der Waals surface area contributed by atoms with Crippen LogP contribution in [-0.2, 0) is 0 Å². The molecular formula is C14H18BrNO2. The van der Waals surface area contributed by atoms with Crippen LogP contribution in [0.5, 0.6) is 0 Å². The number of nitrogens with one attached hydrogen (secondary N) is 1. The van der Waals surface area contributed by atoms with Gasteiger partial charge in [0.25, 0.3) is 5.91 Å². The van der Waals surface area contributed by atoms with Gasteiger partial charge in [-0.2, -0.15) is 0 Å². The van der Waals surface area contributed by atoms with Crippen molar-refractivity contribution in [2.75, 3.05) is 6.61 Å². The average molecular weight is 312 g/mol. The molecule has 3 nitrogen and oxygen atoms in total. The predicted octanol–water partition coefficient (Wildman–Crippen LogP) is 2.87. The molecule has 98 valence electrons. The fourth-order valence-corrected chi connectivity index (χ4v) is 2.97. The van der Waals surface area contributed by atoms with E-state index in [0.29, 0.717) is 5.56 Å². The van der Waals surface area contributed by atoms with Gasteiger partial charge in [0.15, 0.2) is 0 Å². The lowest BCUT2D eigenvalue weighted by Gasteiger charge is -2.36. The minimum atomic E-state index is -0.426. The fourth-order valence-electron chi connectivity index (χ4n) is 2.50. The molecule has 0 heterocycles. The highest BCUT2D eigenvalue weighted by Gasteiger charge is 2.33. The summed E-state index contributed by atoms with van der Waals surface area (Å²) in [7, 11) is 0. The number of hydrogen-bond acceptors (Lipinski definition) is 2. The number of carbonyl (C=O) groups excluding carboxylic acids is 1. The Morgan fingerprint density at radius 2 is 1.94 bits per heavy atom. The van der Waals surface area contributed by atoms with E-state index in [-0.39, 0.29) is 12.5 Å². The zero-order valence-electron chi connectivity index (χ0n) is 10.3. The van der Waals surface area contributed by atoms with E-state index in [0.717, 1.165) is 30.2 Å². The van der Waals surface area contributed by atoms with E-state index in [2.05, 4.69) is 21.2 Å². The molecule has 0 aromatic heterocycles. The first-order valence-corrected chi connectivity index (χ1v) is 7.14. The quantitative estimate of drug-likeness (QED) is 0.901. The van der Waals surface area contributed by atoms with Crippen molar-refractivity contribution in [2.24, 2.45) is 0 Å². The lowest BCUT2D eigenvalue weighted by molar-refractivity contribution is 0.0758. The van der Waals surface area contributed by atoms with Crippen LogP contribution in [0.25, 0.3) is 0 Å². The Labute approximate surface area is 116 Å². The first kappa shape index (κ1) is 13.6. The van der Waals surface area contributed by atoms with Crippen LogP contribution in [-0.4, -0.2) is 23.2 Å². The monoisotopic (exact) mass is 311 g/mol. The number of aliphatic hydroxyl groups excluding tert-OH is 1. The van der Waals surface area contributed by atoms with E-state index in [1.807, 2.05) is 18.2 Å². The Balaban J connectivity index is 2.13. The fraction of sp³-hybridized carbons (Fsp3) is 0.500. The third-order valence-electron chi connectivity index (χ3n) is 3.61. The molecule has 18 heavy (non-hydrogen) atoms. The molecule has 1 fully saturated rings. The van der Waals surface area contributed by atoms with Gasteiger partial charge in [-0.25, -0.2) is 0 Å². The smallest absolute Gasteiger partial charge is 0.252 e. The third kappa shape index (κ3) is 2.93. The molecule has 0 aliphatic heterocycles.